The summed E-state index contributed by atoms with van der Waals surface area (Å²) in [7, 11) is 0. The monoisotopic (exact) mass is 438 g/mol. The van der Waals surface area contributed by atoms with E-state index in [2.05, 4.69) is 37.3 Å². The fraction of sp³-hybridized carbons (Fsp3) is 0.536. The molecule has 2 fully saturated rings. The average Bonchev–Trinajstić information content (AvgIpc) is 2.82. The molecule has 166 valence electrons. The second kappa shape index (κ2) is 10.7. The topological polar surface area (TPSA) is 26.3 Å². The summed E-state index contributed by atoms with van der Waals surface area (Å²) < 4.78 is 5.58. The van der Waals surface area contributed by atoms with Crippen molar-refractivity contribution in [1.29, 1.82) is 0 Å². The molecule has 0 spiro atoms. The van der Waals surface area contributed by atoms with E-state index in [1.807, 2.05) is 0 Å². The van der Waals surface area contributed by atoms with Crippen LogP contribution < -0.4 is 4.74 Å². The average molecular weight is 439 g/mol. The van der Waals surface area contributed by atoms with Crippen molar-refractivity contribution < 1.29 is 9.53 Å². The number of benzene rings is 2. The van der Waals surface area contributed by atoms with E-state index >= 15 is 0 Å². The second-order valence-corrected chi connectivity index (χ2v) is 10.3. The minimum atomic E-state index is -0.0700. The lowest BCUT2D eigenvalue weighted by Gasteiger charge is -2.38. The molecule has 2 aliphatic rings. The maximum atomic E-state index is 12.5. The molecule has 0 saturated heterocycles. The van der Waals surface area contributed by atoms with Crippen LogP contribution in [0.3, 0.4) is 0 Å². The van der Waals surface area contributed by atoms with Crippen LogP contribution >= 0.6 is 11.6 Å². The van der Waals surface area contributed by atoms with Crippen molar-refractivity contribution in [2.45, 2.75) is 70.6 Å². The van der Waals surface area contributed by atoms with Gasteiger partial charge in [-0.15, -0.1) is 0 Å². The van der Waals surface area contributed by atoms with Gasteiger partial charge in [0, 0.05) is 5.02 Å². The van der Waals surface area contributed by atoms with E-state index in [-0.39, 0.29) is 11.9 Å². The molecule has 2 nitrogen and oxygen atoms in total. The van der Waals surface area contributed by atoms with E-state index in [4.69, 9.17) is 16.3 Å². The Hall–Kier alpha value is -1.80. The Balaban J connectivity index is 1.18. The number of ether oxygens (including phenoxy) is 1. The molecule has 0 aliphatic heterocycles. The number of hydrogen-bond donors (Lipinski definition) is 0. The van der Waals surface area contributed by atoms with Crippen LogP contribution in [0.4, 0.5) is 0 Å². The zero-order valence-corrected chi connectivity index (χ0v) is 19.4. The molecule has 0 bridgehead atoms. The van der Waals surface area contributed by atoms with Crippen LogP contribution in [0.5, 0.6) is 5.75 Å². The van der Waals surface area contributed by atoms with Gasteiger partial charge in [-0.3, -0.25) is 4.79 Å². The van der Waals surface area contributed by atoms with Crippen molar-refractivity contribution in [3.8, 4) is 5.75 Å². The highest BCUT2D eigenvalue weighted by atomic mass is 35.5. The first-order valence-electron chi connectivity index (χ1n) is 12.1. The van der Waals surface area contributed by atoms with Crippen LogP contribution in [-0.4, -0.2) is 5.97 Å². The third kappa shape index (κ3) is 6.13. The van der Waals surface area contributed by atoms with Gasteiger partial charge in [0.05, 0.1) is 5.92 Å². The Bertz CT molecular complexity index is 816. The third-order valence-corrected chi connectivity index (χ3v) is 8.00. The van der Waals surface area contributed by atoms with Gasteiger partial charge in [-0.25, -0.2) is 0 Å². The molecule has 0 amide bonds. The van der Waals surface area contributed by atoms with Crippen LogP contribution in [0.1, 0.15) is 76.2 Å². The van der Waals surface area contributed by atoms with Gasteiger partial charge in [0.15, 0.2) is 0 Å². The van der Waals surface area contributed by atoms with Gasteiger partial charge < -0.3 is 4.74 Å². The van der Waals surface area contributed by atoms with Crippen molar-refractivity contribution >= 4 is 17.6 Å². The van der Waals surface area contributed by atoms with Crippen LogP contribution in [0, 0.1) is 23.7 Å². The summed E-state index contributed by atoms with van der Waals surface area (Å²) in [6.45, 7) is 2.38. The Morgan fingerprint density at radius 2 is 1.45 bits per heavy atom. The lowest BCUT2D eigenvalue weighted by Crippen LogP contribution is -2.30. The summed E-state index contributed by atoms with van der Waals surface area (Å²) in [4.78, 5) is 12.5. The third-order valence-electron chi connectivity index (χ3n) is 7.75. The zero-order chi connectivity index (χ0) is 21.6. The van der Waals surface area contributed by atoms with E-state index < -0.39 is 0 Å². The van der Waals surface area contributed by atoms with E-state index in [9.17, 15) is 4.79 Å². The van der Waals surface area contributed by atoms with E-state index in [1.165, 1.54) is 50.5 Å². The molecule has 0 heterocycles. The summed E-state index contributed by atoms with van der Waals surface area (Å²) in [5, 5.41) is 0.657. The predicted octanol–water partition coefficient (Wildman–Crippen LogP) is 8.05. The zero-order valence-electron chi connectivity index (χ0n) is 18.6. The minimum Gasteiger partial charge on any atom is -0.426 e. The number of carbonyl (C=O) groups is 1. The SMILES string of the molecule is C[C@H](CC1CCC(C2CCC(C(=O)Oc3ccc(Cl)cc3)CC2)CC1)c1ccccc1. The summed E-state index contributed by atoms with van der Waals surface area (Å²) in [6.07, 6.45) is 11.1. The highest BCUT2D eigenvalue weighted by Crippen LogP contribution is 2.43. The molecule has 4 rings (SSSR count). The second-order valence-electron chi connectivity index (χ2n) is 9.81. The molecular weight excluding hydrogens is 404 g/mol. The number of hydrogen-bond acceptors (Lipinski definition) is 2. The van der Waals surface area contributed by atoms with Gasteiger partial charge in [0.25, 0.3) is 0 Å². The molecule has 0 N–H and O–H groups in total. The molecule has 2 aromatic rings. The Morgan fingerprint density at radius 3 is 2.06 bits per heavy atom. The van der Waals surface area contributed by atoms with E-state index in [0.29, 0.717) is 16.7 Å². The first-order chi connectivity index (χ1) is 15.1. The Labute approximate surface area is 192 Å². The van der Waals surface area contributed by atoms with Crippen LogP contribution in [0.2, 0.25) is 5.02 Å². The molecule has 1 atom stereocenters. The van der Waals surface area contributed by atoms with Gasteiger partial charge in [-0.05, 0) is 98.4 Å². The number of esters is 1. The minimum absolute atomic E-state index is 0.0509. The van der Waals surface area contributed by atoms with Crippen molar-refractivity contribution in [3.63, 3.8) is 0 Å². The highest BCUT2D eigenvalue weighted by molar-refractivity contribution is 6.30. The normalized spacial score (nSPS) is 27.4. The van der Waals surface area contributed by atoms with Crippen LogP contribution in [0.25, 0.3) is 0 Å². The molecule has 2 aromatic carbocycles. The molecule has 2 saturated carbocycles. The molecule has 0 radical (unpaired) electrons. The van der Waals surface area contributed by atoms with Gasteiger partial charge in [0.1, 0.15) is 5.75 Å². The van der Waals surface area contributed by atoms with Gasteiger partial charge >= 0.3 is 5.97 Å². The highest BCUT2D eigenvalue weighted by Gasteiger charge is 2.34. The van der Waals surface area contributed by atoms with Gasteiger partial charge in [-0.2, -0.15) is 0 Å². The number of halogens is 1. The van der Waals surface area contributed by atoms with Gasteiger partial charge in [-0.1, -0.05) is 61.7 Å². The van der Waals surface area contributed by atoms with Crippen molar-refractivity contribution in [2.24, 2.45) is 23.7 Å². The van der Waals surface area contributed by atoms with Crippen molar-refractivity contribution in [2.75, 3.05) is 0 Å². The molecule has 3 heteroatoms. The maximum absolute atomic E-state index is 12.5. The first-order valence-corrected chi connectivity index (χ1v) is 12.5. The van der Waals surface area contributed by atoms with Crippen LogP contribution in [-0.2, 0) is 4.79 Å². The summed E-state index contributed by atoms with van der Waals surface area (Å²) in [5.74, 6) is 3.76. The molecular formula is C28H35ClO2. The quantitative estimate of drug-likeness (QED) is 0.336. The lowest BCUT2D eigenvalue weighted by atomic mass is 9.68. The fourth-order valence-corrected chi connectivity index (χ4v) is 5.97. The molecule has 31 heavy (non-hydrogen) atoms. The van der Waals surface area contributed by atoms with Crippen LogP contribution in [0.15, 0.2) is 54.6 Å². The van der Waals surface area contributed by atoms with E-state index in [1.54, 1.807) is 24.3 Å². The van der Waals surface area contributed by atoms with Crippen molar-refractivity contribution in [3.05, 3.63) is 65.2 Å². The van der Waals surface area contributed by atoms with Crippen molar-refractivity contribution in [1.82, 2.24) is 0 Å². The smallest absolute Gasteiger partial charge is 0.314 e. The Morgan fingerprint density at radius 1 is 0.871 bits per heavy atom. The standard InChI is InChI=1S/C28H35ClO2/c1-20(22-5-3-2-4-6-22)19-21-7-9-23(10-8-21)24-11-13-25(14-12-24)28(30)31-27-17-15-26(29)16-18-27/h2-6,15-18,20-21,23-25H,7-14,19H2,1H3/t20-,21?,23?,24?,25?/m1/s1. The maximum Gasteiger partial charge on any atom is 0.314 e. The predicted molar refractivity (Wildman–Crippen MR) is 127 cm³/mol. The largest absolute Gasteiger partial charge is 0.426 e. The summed E-state index contributed by atoms with van der Waals surface area (Å²) in [6, 6.07) is 18.0. The Kier molecular flexibility index (Phi) is 7.72. The van der Waals surface area contributed by atoms with Gasteiger partial charge in [0.2, 0.25) is 0 Å². The summed E-state index contributed by atoms with van der Waals surface area (Å²) >= 11 is 5.91. The lowest BCUT2D eigenvalue weighted by molar-refractivity contribution is -0.140. The molecule has 0 unspecified atom stereocenters. The fourth-order valence-electron chi connectivity index (χ4n) is 5.84. The molecule has 2 aliphatic carbocycles. The van der Waals surface area contributed by atoms with E-state index in [0.717, 1.165) is 30.6 Å². The molecule has 0 aromatic heterocycles. The summed E-state index contributed by atoms with van der Waals surface area (Å²) in [5.41, 5.74) is 1.48. The number of rotatable bonds is 6. The number of carbonyl (C=O) groups excluding carboxylic acids is 1. The first kappa shape index (κ1) is 22.4.